The molecule has 30 heavy (non-hydrogen) atoms. The number of fused-ring (bicyclic) bond motifs is 2. The molecule has 0 spiro atoms. The average molecular weight is 510 g/mol. The van der Waals surface area contributed by atoms with Crippen LogP contribution in [-0.4, -0.2) is 30.0 Å². The van der Waals surface area contributed by atoms with E-state index < -0.39 is 12.0 Å². The summed E-state index contributed by atoms with van der Waals surface area (Å²) in [5, 5.41) is 4.38. The topological polar surface area (TPSA) is 68.3 Å². The number of hydrogen-bond acceptors (Lipinski definition) is 4. The molecule has 0 aliphatic heterocycles. The molecule has 1 aromatic heterocycles. The molecule has 0 aliphatic carbocycles. The lowest BCUT2D eigenvalue weighted by Gasteiger charge is -2.18. The molecule has 0 bridgehead atoms. The summed E-state index contributed by atoms with van der Waals surface area (Å²) in [5.74, 6) is -0.810. The number of methoxy groups -OCH3 is 1. The van der Waals surface area contributed by atoms with Crippen LogP contribution >= 0.6 is 22.6 Å². The van der Waals surface area contributed by atoms with E-state index >= 15 is 0 Å². The van der Waals surface area contributed by atoms with Gasteiger partial charge in [-0.25, -0.2) is 9.78 Å². The van der Waals surface area contributed by atoms with Crippen LogP contribution in [0.2, 0.25) is 0 Å². The van der Waals surface area contributed by atoms with Crippen molar-refractivity contribution in [1.82, 2.24) is 10.3 Å². The Balaban J connectivity index is 1.75. The number of benzene rings is 3. The first-order valence-corrected chi connectivity index (χ1v) is 10.6. The summed E-state index contributed by atoms with van der Waals surface area (Å²) in [4.78, 5) is 30.5. The molecule has 0 radical (unpaired) electrons. The highest BCUT2D eigenvalue weighted by Gasteiger charge is 2.25. The number of hydrogen-bond donors (Lipinski definition) is 1. The lowest BCUT2D eigenvalue weighted by molar-refractivity contribution is -0.142. The number of amides is 1. The van der Waals surface area contributed by atoms with Gasteiger partial charge in [0.2, 0.25) is 0 Å². The zero-order chi connectivity index (χ0) is 21.1. The van der Waals surface area contributed by atoms with Gasteiger partial charge in [-0.1, -0.05) is 48.5 Å². The van der Waals surface area contributed by atoms with E-state index in [0.29, 0.717) is 12.0 Å². The summed E-state index contributed by atoms with van der Waals surface area (Å²) in [7, 11) is 1.33. The Morgan fingerprint density at radius 2 is 1.60 bits per heavy atom. The summed E-state index contributed by atoms with van der Waals surface area (Å²) in [6, 6.07) is 22.0. The maximum Gasteiger partial charge on any atom is 0.328 e. The summed E-state index contributed by atoms with van der Waals surface area (Å²) < 4.78 is 6.02. The molecule has 0 saturated carbocycles. The van der Waals surface area contributed by atoms with E-state index in [1.807, 2.05) is 72.8 Å². The van der Waals surface area contributed by atoms with Crippen LogP contribution in [0.4, 0.5) is 0 Å². The van der Waals surface area contributed by atoms with Crippen molar-refractivity contribution in [3.63, 3.8) is 0 Å². The van der Waals surface area contributed by atoms with Gasteiger partial charge in [0.05, 0.1) is 23.7 Å². The Hall–Kier alpha value is -3.00. The van der Waals surface area contributed by atoms with Gasteiger partial charge in [-0.3, -0.25) is 4.79 Å². The number of aromatic nitrogens is 1. The molecule has 3 aromatic carbocycles. The molecule has 0 unspecified atom stereocenters. The first kappa shape index (κ1) is 20.3. The van der Waals surface area contributed by atoms with E-state index in [2.05, 4.69) is 32.9 Å². The zero-order valence-electron chi connectivity index (χ0n) is 16.3. The van der Waals surface area contributed by atoms with Crippen molar-refractivity contribution in [2.24, 2.45) is 0 Å². The number of halogens is 1. The second kappa shape index (κ2) is 8.79. The van der Waals surface area contributed by atoms with Gasteiger partial charge in [-0.15, -0.1) is 0 Å². The lowest BCUT2D eigenvalue weighted by atomic mass is 10.0. The number of ether oxygens (including phenoxy) is 1. The van der Waals surface area contributed by atoms with Gasteiger partial charge in [0, 0.05) is 20.8 Å². The third kappa shape index (κ3) is 4.14. The number of nitrogens with one attached hydrogen (secondary N) is 1. The van der Waals surface area contributed by atoms with Crippen LogP contribution in [0.5, 0.6) is 0 Å². The van der Waals surface area contributed by atoms with Crippen molar-refractivity contribution >= 4 is 56.3 Å². The highest BCUT2D eigenvalue weighted by molar-refractivity contribution is 14.1. The largest absolute Gasteiger partial charge is 0.467 e. The Bertz CT molecular complexity index is 1200. The van der Waals surface area contributed by atoms with Crippen LogP contribution in [0, 0.1) is 3.57 Å². The number of nitrogens with zero attached hydrogens (tertiary/aromatic N) is 1. The monoisotopic (exact) mass is 510 g/mol. The van der Waals surface area contributed by atoms with Crippen LogP contribution < -0.4 is 5.32 Å². The van der Waals surface area contributed by atoms with Gasteiger partial charge >= 0.3 is 5.97 Å². The van der Waals surface area contributed by atoms with Gasteiger partial charge < -0.3 is 10.1 Å². The average Bonchev–Trinajstić information content (AvgIpc) is 2.76. The molecular weight excluding hydrogens is 491 g/mol. The van der Waals surface area contributed by atoms with E-state index in [-0.39, 0.29) is 5.91 Å². The van der Waals surface area contributed by atoms with Crippen molar-refractivity contribution < 1.29 is 14.3 Å². The minimum absolute atomic E-state index is 0.328. The van der Waals surface area contributed by atoms with Crippen molar-refractivity contribution in [1.29, 1.82) is 0 Å². The highest BCUT2D eigenvalue weighted by Crippen LogP contribution is 2.26. The van der Waals surface area contributed by atoms with Gasteiger partial charge in [0.15, 0.2) is 0 Å². The van der Waals surface area contributed by atoms with Gasteiger partial charge in [0.1, 0.15) is 6.04 Å². The fourth-order valence-electron chi connectivity index (χ4n) is 3.55. The molecule has 1 heterocycles. The summed E-state index contributed by atoms with van der Waals surface area (Å²) in [6.45, 7) is 0. The Morgan fingerprint density at radius 1 is 0.967 bits per heavy atom. The first-order chi connectivity index (χ1) is 14.6. The fraction of sp³-hybridized carbons (Fsp3) is 0.125. The minimum atomic E-state index is -0.800. The lowest BCUT2D eigenvalue weighted by Crippen LogP contribution is -2.43. The number of carbonyl (C=O) groups is 2. The fourth-order valence-corrected chi connectivity index (χ4v) is 4.16. The predicted octanol–water partition coefficient (Wildman–Crippen LogP) is 4.51. The zero-order valence-corrected chi connectivity index (χ0v) is 18.4. The van der Waals surface area contributed by atoms with Crippen LogP contribution in [0.3, 0.4) is 0 Å². The van der Waals surface area contributed by atoms with Crippen LogP contribution in [0.25, 0.3) is 21.8 Å². The molecule has 4 aromatic rings. The molecular formula is C24H19IN2O3. The number of pyridine rings is 1. The van der Waals surface area contributed by atoms with E-state index in [4.69, 9.17) is 4.74 Å². The molecule has 1 amide bonds. The van der Waals surface area contributed by atoms with E-state index in [9.17, 15) is 9.59 Å². The molecule has 1 atom stereocenters. The van der Waals surface area contributed by atoms with Crippen LogP contribution in [-0.2, 0) is 16.0 Å². The smallest absolute Gasteiger partial charge is 0.328 e. The Morgan fingerprint density at radius 3 is 2.20 bits per heavy atom. The SMILES string of the molecule is COC(=O)[C@@H](Cc1cccc(I)c1)NC(=O)c1c2ccccc2nc2ccccc12. The maximum absolute atomic E-state index is 13.4. The van der Waals surface area contributed by atoms with Gasteiger partial charge in [-0.05, 0) is 52.4 Å². The number of rotatable bonds is 5. The maximum atomic E-state index is 13.4. The summed E-state index contributed by atoms with van der Waals surface area (Å²) in [6.07, 6.45) is 0.343. The highest BCUT2D eigenvalue weighted by atomic mass is 127. The number of para-hydroxylation sites is 2. The van der Waals surface area contributed by atoms with Crippen molar-refractivity contribution in [2.45, 2.75) is 12.5 Å². The third-order valence-electron chi connectivity index (χ3n) is 4.93. The second-order valence-corrected chi connectivity index (χ2v) is 8.15. The Kier molecular flexibility index (Phi) is 5.94. The molecule has 150 valence electrons. The van der Waals surface area contributed by atoms with Gasteiger partial charge in [0.25, 0.3) is 5.91 Å². The normalized spacial score (nSPS) is 11.9. The molecule has 1 N–H and O–H groups in total. The molecule has 6 heteroatoms. The van der Waals surface area contributed by atoms with Crippen LogP contribution in [0.1, 0.15) is 15.9 Å². The summed E-state index contributed by atoms with van der Waals surface area (Å²) in [5.41, 5.74) is 2.91. The molecule has 0 fully saturated rings. The number of carbonyl (C=O) groups excluding carboxylic acids is 2. The second-order valence-electron chi connectivity index (χ2n) is 6.90. The number of esters is 1. The van der Waals surface area contributed by atoms with Crippen molar-refractivity contribution in [3.05, 3.63) is 87.5 Å². The van der Waals surface area contributed by atoms with Gasteiger partial charge in [-0.2, -0.15) is 0 Å². The van der Waals surface area contributed by atoms with E-state index in [1.54, 1.807) is 0 Å². The molecule has 5 nitrogen and oxygen atoms in total. The summed E-state index contributed by atoms with van der Waals surface area (Å²) >= 11 is 2.22. The predicted molar refractivity (Wildman–Crippen MR) is 125 cm³/mol. The van der Waals surface area contributed by atoms with E-state index in [1.165, 1.54) is 7.11 Å². The quantitative estimate of drug-likeness (QED) is 0.244. The van der Waals surface area contributed by atoms with Crippen molar-refractivity contribution in [3.8, 4) is 0 Å². The Labute approximate surface area is 187 Å². The third-order valence-corrected chi connectivity index (χ3v) is 5.61. The van der Waals surface area contributed by atoms with E-state index in [0.717, 1.165) is 30.9 Å². The standard InChI is InChI=1S/C24H19IN2O3/c1-30-24(29)21(14-15-7-6-8-16(25)13-15)27-23(28)22-17-9-2-4-11-19(17)26-20-12-5-3-10-18(20)22/h2-13,21H,14H2,1H3,(H,27,28)/t21-/m1/s1. The molecule has 4 rings (SSSR count). The van der Waals surface area contributed by atoms with Crippen molar-refractivity contribution in [2.75, 3.05) is 7.11 Å². The molecule has 0 saturated heterocycles. The van der Waals surface area contributed by atoms with Crippen LogP contribution in [0.15, 0.2) is 72.8 Å². The molecule has 0 aliphatic rings. The minimum Gasteiger partial charge on any atom is -0.467 e. The first-order valence-electron chi connectivity index (χ1n) is 9.47.